The minimum atomic E-state index is -0.0701. The minimum absolute atomic E-state index is 0.00476. The molecular formula is C19H26N2O3S2. The normalized spacial score (nSPS) is 17.3. The van der Waals surface area contributed by atoms with Crippen LogP contribution in [0, 0.1) is 5.92 Å². The molecule has 1 saturated heterocycles. The van der Waals surface area contributed by atoms with E-state index in [2.05, 4.69) is 24.1 Å². The Morgan fingerprint density at radius 2 is 1.92 bits per heavy atom. The Hall–Kier alpha value is -1.47. The van der Waals surface area contributed by atoms with Gasteiger partial charge in [-0.25, -0.2) is 0 Å². The number of hydrogen-bond donors (Lipinski definition) is 1. The third-order valence-corrected chi connectivity index (χ3v) is 6.12. The number of fused-ring (bicyclic) bond motifs is 1. The lowest BCUT2D eigenvalue weighted by Crippen LogP contribution is -2.34. The molecule has 26 heavy (non-hydrogen) atoms. The molecule has 1 aromatic carbocycles. The van der Waals surface area contributed by atoms with Crippen LogP contribution < -0.4 is 14.8 Å². The van der Waals surface area contributed by atoms with Gasteiger partial charge in [-0.2, -0.15) is 0 Å². The first kappa shape index (κ1) is 19.3. The average Bonchev–Trinajstić information content (AvgIpc) is 3.18. The van der Waals surface area contributed by atoms with Crippen molar-refractivity contribution in [3.8, 4) is 11.5 Å². The third kappa shape index (κ3) is 4.82. The van der Waals surface area contributed by atoms with E-state index in [1.807, 2.05) is 18.2 Å². The zero-order valence-corrected chi connectivity index (χ0v) is 17.0. The fourth-order valence-electron chi connectivity index (χ4n) is 3.22. The second-order valence-corrected chi connectivity index (χ2v) is 8.55. The number of carbonyl (C=O) groups excluding carboxylic acids is 1. The number of benzene rings is 1. The van der Waals surface area contributed by atoms with Crippen LogP contribution in [0.25, 0.3) is 0 Å². The van der Waals surface area contributed by atoms with Crippen LogP contribution in [0.2, 0.25) is 0 Å². The average molecular weight is 395 g/mol. The van der Waals surface area contributed by atoms with Crippen LogP contribution >= 0.6 is 24.0 Å². The monoisotopic (exact) mass is 394 g/mol. The number of likely N-dealkylation sites (tertiary alicyclic amines) is 1. The van der Waals surface area contributed by atoms with Gasteiger partial charge in [-0.15, -0.1) is 0 Å². The van der Waals surface area contributed by atoms with Crippen LogP contribution in [0.5, 0.6) is 11.5 Å². The van der Waals surface area contributed by atoms with Crippen molar-refractivity contribution in [1.29, 1.82) is 0 Å². The Bertz CT molecular complexity index is 660. The molecule has 142 valence electrons. The molecule has 1 N–H and O–H groups in total. The first-order valence-electron chi connectivity index (χ1n) is 9.15. The topological polar surface area (TPSA) is 50.8 Å². The van der Waals surface area contributed by atoms with E-state index in [1.165, 1.54) is 24.6 Å². The molecule has 0 saturated carbocycles. The highest BCUT2D eigenvalue weighted by Crippen LogP contribution is 2.34. The lowest BCUT2D eigenvalue weighted by Gasteiger charge is -2.25. The summed E-state index contributed by atoms with van der Waals surface area (Å²) in [6, 6.07) is 5.82. The summed E-state index contributed by atoms with van der Waals surface area (Å²) in [4.78, 5) is 14.7. The van der Waals surface area contributed by atoms with E-state index in [-0.39, 0.29) is 17.9 Å². The summed E-state index contributed by atoms with van der Waals surface area (Å²) in [5.41, 5.74) is 1.03. The summed E-state index contributed by atoms with van der Waals surface area (Å²) in [5, 5.41) is 3.15. The van der Waals surface area contributed by atoms with Gasteiger partial charge in [0.05, 0.1) is 11.8 Å². The third-order valence-electron chi connectivity index (χ3n) is 4.60. The van der Waals surface area contributed by atoms with Crippen molar-refractivity contribution in [2.24, 2.45) is 5.92 Å². The fraction of sp³-hybridized carbons (Fsp3) is 0.579. The van der Waals surface area contributed by atoms with Crippen LogP contribution in [0.3, 0.4) is 0 Å². The maximum absolute atomic E-state index is 12.5. The SMILES string of the molecule is CC(C)[C@@H](NC(=O)CSC(=S)N1CCCC1)c1ccc2c(c1)OCCO2. The second-order valence-electron chi connectivity index (χ2n) is 6.94. The van der Waals surface area contributed by atoms with Gasteiger partial charge in [-0.05, 0) is 36.5 Å². The lowest BCUT2D eigenvalue weighted by molar-refractivity contribution is -0.119. The van der Waals surface area contributed by atoms with Crippen molar-refractivity contribution in [2.45, 2.75) is 32.7 Å². The van der Waals surface area contributed by atoms with Crippen LogP contribution in [0.1, 0.15) is 38.3 Å². The van der Waals surface area contributed by atoms with Crippen molar-refractivity contribution >= 4 is 34.2 Å². The maximum Gasteiger partial charge on any atom is 0.230 e. The van der Waals surface area contributed by atoms with E-state index in [0.29, 0.717) is 19.0 Å². The molecule has 0 aromatic heterocycles. The second kappa shape index (κ2) is 8.95. The Morgan fingerprint density at radius 1 is 1.23 bits per heavy atom. The number of hydrogen-bond acceptors (Lipinski definition) is 5. The van der Waals surface area contributed by atoms with Gasteiger partial charge in [0.2, 0.25) is 5.91 Å². The predicted octanol–water partition coefficient (Wildman–Crippen LogP) is 3.39. The van der Waals surface area contributed by atoms with E-state index < -0.39 is 0 Å². The van der Waals surface area contributed by atoms with Crippen LogP contribution in [0.4, 0.5) is 0 Å². The quantitative estimate of drug-likeness (QED) is 0.773. The van der Waals surface area contributed by atoms with Crippen LogP contribution in [-0.2, 0) is 4.79 Å². The number of ether oxygens (including phenoxy) is 2. The molecule has 5 nitrogen and oxygen atoms in total. The molecule has 0 unspecified atom stereocenters. The Kier molecular flexibility index (Phi) is 6.64. The number of nitrogens with zero attached hydrogens (tertiary/aromatic N) is 1. The molecule has 1 fully saturated rings. The highest BCUT2D eigenvalue weighted by Gasteiger charge is 2.22. The molecule has 0 aliphatic carbocycles. The number of thiocarbonyl (C=S) groups is 1. The molecule has 2 aliphatic rings. The molecule has 3 rings (SSSR count). The van der Waals surface area contributed by atoms with Crippen molar-refractivity contribution in [2.75, 3.05) is 32.1 Å². The largest absolute Gasteiger partial charge is 0.486 e. The van der Waals surface area contributed by atoms with Gasteiger partial charge in [0.1, 0.15) is 17.5 Å². The van der Waals surface area contributed by atoms with Gasteiger partial charge in [-0.1, -0.05) is 43.9 Å². The number of thioether (sulfide) groups is 1. The number of carbonyl (C=O) groups is 1. The first-order chi connectivity index (χ1) is 12.5. The van der Waals surface area contributed by atoms with E-state index in [4.69, 9.17) is 21.7 Å². The van der Waals surface area contributed by atoms with Gasteiger partial charge in [0.15, 0.2) is 11.5 Å². The van der Waals surface area contributed by atoms with Crippen LogP contribution in [0.15, 0.2) is 18.2 Å². The van der Waals surface area contributed by atoms with E-state index >= 15 is 0 Å². The first-order valence-corrected chi connectivity index (χ1v) is 10.5. The van der Waals surface area contributed by atoms with Gasteiger partial charge >= 0.3 is 0 Å². The minimum Gasteiger partial charge on any atom is -0.486 e. The van der Waals surface area contributed by atoms with Gasteiger partial charge in [0.25, 0.3) is 0 Å². The van der Waals surface area contributed by atoms with Crippen molar-refractivity contribution in [1.82, 2.24) is 10.2 Å². The smallest absolute Gasteiger partial charge is 0.230 e. The van der Waals surface area contributed by atoms with Crippen molar-refractivity contribution < 1.29 is 14.3 Å². The Morgan fingerprint density at radius 3 is 2.62 bits per heavy atom. The zero-order chi connectivity index (χ0) is 18.5. The van der Waals surface area contributed by atoms with E-state index in [9.17, 15) is 4.79 Å². The highest BCUT2D eigenvalue weighted by molar-refractivity contribution is 8.23. The molecular weight excluding hydrogens is 368 g/mol. The van der Waals surface area contributed by atoms with E-state index in [0.717, 1.165) is 34.5 Å². The zero-order valence-electron chi connectivity index (χ0n) is 15.3. The molecule has 1 amide bonds. The summed E-state index contributed by atoms with van der Waals surface area (Å²) in [6.07, 6.45) is 2.37. The maximum atomic E-state index is 12.5. The van der Waals surface area contributed by atoms with E-state index in [1.54, 1.807) is 0 Å². The molecule has 2 heterocycles. The summed E-state index contributed by atoms with van der Waals surface area (Å²) < 4.78 is 12.1. The Balaban J connectivity index is 1.59. The Labute approximate surface area is 164 Å². The molecule has 0 spiro atoms. The molecule has 0 bridgehead atoms. The highest BCUT2D eigenvalue weighted by atomic mass is 32.2. The summed E-state index contributed by atoms with van der Waals surface area (Å²) in [7, 11) is 0. The number of nitrogens with one attached hydrogen (secondary N) is 1. The summed E-state index contributed by atoms with van der Waals surface area (Å²) in [5.74, 6) is 2.13. The van der Waals surface area contributed by atoms with Crippen molar-refractivity contribution in [3.05, 3.63) is 23.8 Å². The summed E-state index contributed by atoms with van der Waals surface area (Å²) in [6.45, 7) is 7.36. The molecule has 1 atom stereocenters. The van der Waals surface area contributed by atoms with Gasteiger partial charge in [0, 0.05) is 13.1 Å². The van der Waals surface area contributed by atoms with Gasteiger partial charge in [-0.3, -0.25) is 4.79 Å². The standard InChI is InChI=1S/C19H26N2O3S2/c1-13(2)18(14-5-6-15-16(11-14)24-10-9-23-15)20-17(22)12-26-19(25)21-7-3-4-8-21/h5-6,11,13,18H,3-4,7-10,12H2,1-2H3,(H,20,22)/t18-/m1/s1. The number of rotatable bonds is 5. The molecule has 0 radical (unpaired) electrons. The van der Waals surface area contributed by atoms with Crippen molar-refractivity contribution in [3.63, 3.8) is 0 Å². The fourth-order valence-corrected chi connectivity index (χ4v) is 4.28. The van der Waals surface area contributed by atoms with Crippen LogP contribution in [-0.4, -0.2) is 47.2 Å². The molecule has 7 heteroatoms. The predicted molar refractivity (Wildman–Crippen MR) is 109 cm³/mol. The lowest BCUT2D eigenvalue weighted by atomic mass is 9.95. The summed E-state index contributed by atoms with van der Waals surface area (Å²) >= 11 is 6.89. The van der Waals surface area contributed by atoms with Gasteiger partial charge < -0.3 is 19.7 Å². The molecule has 1 aromatic rings. The number of amides is 1. The molecule has 2 aliphatic heterocycles.